The van der Waals surface area contributed by atoms with Gasteiger partial charge in [-0.2, -0.15) is 13.2 Å². The summed E-state index contributed by atoms with van der Waals surface area (Å²) in [6, 6.07) is 5.32. The molecule has 168 valence electrons. The number of likely N-dealkylation sites (tertiary alicyclic amines) is 1. The van der Waals surface area contributed by atoms with Crippen LogP contribution < -0.4 is 5.32 Å². The molecule has 1 saturated carbocycles. The molecule has 2 amide bonds. The molecule has 1 aromatic rings. The third-order valence-electron chi connectivity index (χ3n) is 6.28. The van der Waals surface area contributed by atoms with Crippen LogP contribution in [0.15, 0.2) is 24.3 Å². The molecular formula is C22H32F3N3O2. The van der Waals surface area contributed by atoms with Crippen LogP contribution in [0.5, 0.6) is 0 Å². The van der Waals surface area contributed by atoms with Gasteiger partial charge < -0.3 is 20.2 Å². The fraction of sp³-hybridized carbons (Fsp3) is 0.682. The maximum Gasteiger partial charge on any atom is 0.416 e. The van der Waals surface area contributed by atoms with Crippen LogP contribution in [-0.4, -0.2) is 66.3 Å². The van der Waals surface area contributed by atoms with Crippen LogP contribution in [0.25, 0.3) is 0 Å². The van der Waals surface area contributed by atoms with Gasteiger partial charge in [-0.3, -0.25) is 0 Å². The molecule has 1 aliphatic heterocycles. The van der Waals surface area contributed by atoms with Gasteiger partial charge in [0, 0.05) is 26.2 Å². The van der Waals surface area contributed by atoms with Crippen LogP contribution in [0.4, 0.5) is 18.0 Å². The second kappa shape index (κ2) is 9.56. The van der Waals surface area contributed by atoms with Crippen LogP contribution in [0.1, 0.15) is 49.7 Å². The Balaban J connectivity index is 1.37. The van der Waals surface area contributed by atoms with Gasteiger partial charge in [-0.05, 0) is 75.2 Å². The molecule has 1 heterocycles. The van der Waals surface area contributed by atoms with Crippen molar-refractivity contribution in [3.8, 4) is 0 Å². The first kappa shape index (κ1) is 22.9. The molecule has 30 heavy (non-hydrogen) atoms. The van der Waals surface area contributed by atoms with Crippen LogP contribution in [-0.2, 0) is 6.18 Å². The summed E-state index contributed by atoms with van der Waals surface area (Å²) in [7, 11) is 1.81. The molecule has 3 rings (SSSR count). The Morgan fingerprint density at radius 2 is 1.83 bits per heavy atom. The van der Waals surface area contributed by atoms with Gasteiger partial charge >= 0.3 is 12.2 Å². The Hall–Kier alpha value is -1.80. The number of piperidine rings is 1. The summed E-state index contributed by atoms with van der Waals surface area (Å²) >= 11 is 0. The number of aliphatic hydroxyl groups is 1. The average Bonchev–Trinajstić information content (AvgIpc) is 2.64. The van der Waals surface area contributed by atoms with Crippen molar-refractivity contribution in [1.82, 2.24) is 15.1 Å². The Morgan fingerprint density at radius 1 is 1.23 bits per heavy atom. The molecule has 0 bridgehead atoms. The highest BCUT2D eigenvalue weighted by Crippen LogP contribution is 2.38. The summed E-state index contributed by atoms with van der Waals surface area (Å²) in [6.45, 7) is 5.10. The number of rotatable bonds is 6. The fourth-order valence-electron chi connectivity index (χ4n) is 4.43. The number of hydrogen-bond acceptors (Lipinski definition) is 3. The van der Waals surface area contributed by atoms with Crippen molar-refractivity contribution in [3.05, 3.63) is 35.4 Å². The van der Waals surface area contributed by atoms with E-state index in [0.717, 1.165) is 56.5 Å². The number of nitrogens with one attached hydrogen (secondary N) is 1. The Morgan fingerprint density at radius 3 is 2.37 bits per heavy atom. The number of amides is 2. The molecule has 1 saturated heterocycles. The van der Waals surface area contributed by atoms with Crippen molar-refractivity contribution in [2.24, 2.45) is 5.92 Å². The smallest absolute Gasteiger partial charge is 0.392 e. The van der Waals surface area contributed by atoms with E-state index in [1.807, 2.05) is 7.05 Å². The van der Waals surface area contributed by atoms with Gasteiger partial charge in [0.25, 0.3) is 0 Å². The molecule has 1 atom stereocenters. The van der Waals surface area contributed by atoms with Gasteiger partial charge in [0.05, 0.1) is 11.7 Å². The van der Waals surface area contributed by atoms with E-state index in [0.29, 0.717) is 19.0 Å². The average molecular weight is 428 g/mol. The first-order valence-corrected chi connectivity index (χ1v) is 10.7. The lowest BCUT2D eigenvalue weighted by molar-refractivity contribution is -0.137. The molecule has 1 unspecified atom stereocenters. The highest BCUT2D eigenvalue weighted by atomic mass is 19.4. The van der Waals surface area contributed by atoms with Gasteiger partial charge in [-0.15, -0.1) is 0 Å². The number of urea groups is 1. The summed E-state index contributed by atoms with van der Waals surface area (Å²) in [5.41, 5.74) is 0.263. The number of β-amino-alcohol motifs (C(OH)–C–C–N with tert-alkyl or cyclic N) is 1. The summed E-state index contributed by atoms with van der Waals surface area (Å²) in [5, 5.41) is 12.5. The van der Waals surface area contributed by atoms with Crippen LogP contribution in [0.2, 0.25) is 0 Å². The first-order chi connectivity index (χ1) is 14.1. The Labute approximate surface area is 176 Å². The van der Waals surface area contributed by atoms with E-state index in [1.54, 1.807) is 24.0 Å². The van der Waals surface area contributed by atoms with Crippen molar-refractivity contribution >= 4 is 6.03 Å². The van der Waals surface area contributed by atoms with Crippen molar-refractivity contribution in [2.45, 2.75) is 56.8 Å². The van der Waals surface area contributed by atoms with E-state index in [4.69, 9.17) is 0 Å². The summed E-state index contributed by atoms with van der Waals surface area (Å²) in [5.74, 6) is 0.661. The predicted octanol–water partition coefficient (Wildman–Crippen LogP) is 3.69. The van der Waals surface area contributed by atoms with E-state index in [2.05, 4.69) is 10.2 Å². The van der Waals surface area contributed by atoms with E-state index in [-0.39, 0.29) is 24.1 Å². The molecule has 2 N–H and O–H groups in total. The minimum absolute atomic E-state index is 0.0696. The predicted molar refractivity (Wildman–Crippen MR) is 109 cm³/mol. The summed E-state index contributed by atoms with van der Waals surface area (Å²) in [4.78, 5) is 16.5. The molecule has 1 aromatic carbocycles. The molecule has 0 aromatic heterocycles. The molecule has 2 aliphatic rings. The maximum atomic E-state index is 12.7. The summed E-state index contributed by atoms with van der Waals surface area (Å²) < 4.78 is 38.0. The molecule has 0 radical (unpaired) electrons. The highest BCUT2D eigenvalue weighted by Gasteiger charge is 2.34. The molecule has 2 fully saturated rings. The number of nitrogens with zero attached hydrogens (tertiary/aromatic N) is 2. The second-order valence-electron chi connectivity index (χ2n) is 8.91. The van der Waals surface area contributed by atoms with Crippen molar-refractivity contribution in [1.29, 1.82) is 0 Å². The number of alkyl halides is 3. The fourth-order valence-corrected chi connectivity index (χ4v) is 4.43. The minimum Gasteiger partial charge on any atom is -0.392 e. The Bertz CT molecular complexity index is 695. The lowest BCUT2D eigenvalue weighted by Gasteiger charge is -2.38. The molecule has 8 heteroatoms. The molecule has 5 nitrogen and oxygen atoms in total. The van der Waals surface area contributed by atoms with Gasteiger partial charge in [0.15, 0.2) is 0 Å². The third-order valence-corrected chi connectivity index (χ3v) is 6.28. The van der Waals surface area contributed by atoms with Crippen molar-refractivity contribution in [3.63, 3.8) is 0 Å². The topological polar surface area (TPSA) is 55.8 Å². The van der Waals surface area contributed by atoms with Crippen LogP contribution >= 0.6 is 0 Å². The molecular weight excluding hydrogens is 395 g/mol. The lowest BCUT2D eigenvalue weighted by Crippen LogP contribution is -2.49. The number of hydrogen-bond donors (Lipinski definition) is 2. The zero-order valence-electron chi connectivity index (χ0n) is 17.7. The largest absolute Gasteiger partial charge is 0.416 e. The monoisotopic (exact) mass is 427 g/mol. The number of carbonyl (C=O) groups is 1. The third kappa shape index (κ3) is 6.11. The van der Waals surface area contributed by atoms with E-state index < -0.39 is 11.7 Å². The SMILES string of the molecule is CC(O)CN1CCC(CN(C)C(=O)NC2CC(c3ccc(C(F)(F)F)cc3)C2)CC1. The summed E-state index contributed by atoms with van der Waals surface area (Å²) in [6.07, 6.45) is -1.09. The molecule has 1 aliphatic carbocycles. The van der Waals surface area contributed by atoms with Gasteiger partial charge in [-0.25, -0.2) is 4.79 Å². The van der Waals surface area contributed by atoms with Crippen LogP contribution in [0.3, 0.4) is 0 Å². The number of aliphatic hydroxyl groups excluding tert-OH is 1. The Kier molecular flexibility index (Phi) is 7.29. The minimum atomic E-state index is -4.31. The van der Waals surface area contributed by atoms with Gasteiger partial charge in [0.1, 0.15) is 0 Å². The van der Waals surface area contributed by atoms with Crippen molar-refractivity contribution < 1.29 is 23.1 Å². The quantitative estimate of drug-likeness (QED) is 0.728. The normalized spacial score (nSPS) is 24.2. The lowest BCUT2D eigenvalue weighted by atomic mass is 9.76. The second-order valence-corrected chi connectivity index (χ2v) is 8.91. The maximum absolute atomic E-state index is 12.7. The van der Waals surface area contributed by atoms with E-state index >= 15 is 0 Å². The zero-order valence-corrected chi connectivity index (χ0v) is 17.7. The zero-order chi connectivity index (χ0) is 21.9. The van der Waals surface area contributed by atoms with Gasteiger partial charge in [-0.1, -0.05) is 12.1 Å². The standard InChI is InChI=1S/C22H32F3N3O2/c1-15(29)13-28-9-7-16(8-10-28)14-27(2)21(30)26-20-11-18(12-20)17-3-5-19(6-4-17)22(23,24)25/h3-6,15-16,18,20,29H,7-14H2,1-2H3,(H,26,30). The number of benzene rings is 1. The highest BCUT2D eigenvalue weighted by molar-refractivity contribution is 5.74. The number of carbonyl (C=O) groups excluding carboxylic acids is 1. The van der Waals surface area contributed by atoms with E-state index in [1.165, 1.54) is 0 Å². The van der Waals surface area contributed by atoms with Crippen molar-refractivity contribution in [2.75, 3.05) is 33.2 Å². The molecule has 0 spiro atoms. The van der Waals surface area contributed by atoms with Gasteiger partial charge in [0.2, 0.25) is 0 Å². The van der Waals surface area contributed by atoms with E-state index in [9.17, 15) is 23.1 Å². The first-order valence-electron chi connectivity index (χ1n) is 10.7. The van der Waals surface area contributed by atoms with Crippen LogP contribution in [0, 0.1) is 5.92 Å². The number of halogens is 3.